The van der Waals surface area contributed by atoms with Crippen LogP contribution in [0.1, 0.15) is 97.8 Å². The van der Waals surface area contributed by atoms with Crippen LogP contribution in [0.15, 0.2) is 48.9 Å². The Labute approximate surface area is 339 Å². The Balaban J connectivity index is 0.837. The number of likely N-dealkylation sites (tertiary alicyclic amines) is 1. The van der Waals surface area contributed by atoms with Crippen LogP contribution in [0.2, 0.25) is 0 Å². The number of amides is 4. The zero-order chi connectivity index (χ0) is 41.4. The van der Waals surface area contributed by atoms with Crippen molar-refractivity contribution in [2.24, 2.45) is 17.6 Å². The van der Waals surface area contributed by atoms with E-state index < -0.39 is 24.2 Å². The van der Waals surface area contributed by atoms with Crippen molar-refractivity contribution >= 4 is 46.5 Å². The molecule has 3 aromatic heterocycles. The molecule has 1 aromatic carbocycles. The zero-order valence-electron chi connectivity index (χ0n) is 33.0. The fraction of sp³-hybridized carbons (Fsp3) is 0.537. The molecule has 1 saturated carbocycles. The highest BCUT2D eigenvalue weighted by atomic mass is 19.3. The third-order valence-electron chi connectivity index (χ3n) is 12.4. The van der Waals surface area contributed by atoms with Gasteiger partial charge in [0, 0.05) is 69.7 Å². The Morgan fingerprint density at radius 1 is 1.05 bits per heavy atom. The molecule has 1 aliphatic carbocycles. The van der Waals surface area contributed by atoms with Crippen LogP contribution in [0.25, 0.3) is 5.65 Å². The molecule has 15 nitrogen and oxygen atoms in total. The Kier molecular flexibility index (Phi) is 11.6. The quantitative estimate of drug-likeness (QED) is 0.192. The van der Waals surface area contributed by atoms with Crippen molar-refractivity contribution in [3.8, 4) is 0 Å². The summed E-state index contributed by atoms with van der Waals surface area (Å²) >= 11 is 0. The molecule has 0 radical (unpaired) electrons. The highest BCUT2D eigenvalue weighted by Gasteiger charge is 2.34. The topological polar surface area (TPSA) is 176 Å². The molecule has 4 amide bonds. The minimum absolute atomic E-state index is 0.0600. The molecule has 4 fully saturated rings. The average molecular weight is 818 g/mol. The van der Waals surface area contributed by atoms with E-state index in [2.05, 4.69) is 30.7 Å². The molecule has 0 spiro atoms. The lowest BCUT2D eigenvalue weighted by molar-refractivity contribution is -0.138. The summed E-state index contributed by atoms with van der Waals surface area (Å²) in [6.45, 7) is 2.67. The van der Waals surface area contributed by atoms with E-state index in [1.54, 1.807) is 17.2 Å². The van der Waals surface area contributed by atoms with Gasteiger partial charge in [-0.2, -0.15) is 10.2 Å². The van der Waals surface area contributed by atoms with Gasteiger partial charge in [0.1, 0.15) is 17.6 Å². The molecular formula is C41H50F3N11O4. The Bertz CT molecular complexity index is 2190. The number of rotatable bonds is 10. The summed E-state index contributed by atoms with van der Waals surface area (Å²) in [5.74, 6) is -0.711. The largest absolute Gasteiger partial charge is 0.374 e. The second-order valence-electron chi connectivity index (χ2n) is 16.5. The van der Waals surface area contributed by atoms with Gasteiger partial charge in [-0.05, 0) is 81.0 Å². The number of anilines is 3. The van der Waals surface area contributed by atoms with E-state index in [4.69, 9.17) is 5.73 Å². The van der Waals surface area contributed by atoms with Gasteiger partial charge >= 0.3 is 0 Å². The van der Waals surface area contributed by atoms with E-state index in [9.17, 15) is 32.3 Å². The van der Waals surface area contributed by atoms with Crippen LogP contribution in [0.3, 0.4) is 0 Å². The van der Waals surface area contributed by atoms with Crippen LogP contribution in [0, 0.1) is 11.8 Å². The van der Waals surface area contributed by atoms with Crippen molar-refractivity contribution in [3.05, 3.63) is 65.7 Å². The average Bonchev–Trinajstić information content (AvgIpc) is 3.85. The maximum Gasteiger partial charge on any atom is 0.284 e. The molecule has 6 heterocycles. The molecule has 4 aliphatic rings. The van der Waals surface area contributed by atoms with Crippen LogP contribution in [0.5, 0.6) is 0 Å². The number of carbonyl (C=O) groups excluding carboxylic acids is 4. The first-order valence-corrected chi connectivity index (χ1v) is 20.5. The third-order valence-corrected chi connectivity index (χ3v) is 12.4. The standard InChI is InChI=1S/C41H50F3N11O4/c1-51(30-4-2-3-26(17-30)31-9-10-35(56)49-39(31)57)20-24-11-14-52(15-12-24)41(59)25-5-7-29(8-6-25)55-23-33(36(50-55)37(43)44)47-40(58)32-19-46-54-16-13-34(48-38(32)54)53-21-27(42)18-28(45)22-53/h2-4,13,16-17,19,23-25,27-29,31,37H,5-12,14-15,18,20-22,45H2,1H3,(H,47,58)(H,49,56,57)/t25?,27-,28-,29?,31?/m1/s1. The number of hydrogen-bond donors (Lipinski definition) is 3. The lowest BCUT2D eigenvalue weighted by atomic mass is 9.84. The first kappa shape index (κ1) is 40.3. The summed E-state index contributed by atoms with van der Waals surface area (Å²) in [5.41, 5.74) is 7.51. The first-order chi connectivity index (χ1) is 28.4. The fourth-order valence-corrected chi connectivity index (χ4v) is 9.16. The molecule has 3 atom stereocenters. The van der Waals surface area contributed by atoms with Gasteiger partial charge in [0.2, 0.25) is 17.7 Å². The highest BCUT2D eigenvalue weighted by Crippen LogP contribution is 2.37. The SMILES string of the molecule is CN(CC1CCN(C(=O)C2CCC(n3cc(NC(=O)c4cnn5ccc(N6C[C@H](N)C[C@@H](F)C6)nc45)c(C(F)F)n3)CC2)CC1)c1cccc(C2CCC(=O)NC2=O)c1. The normalized spacial score (nSPS) is 24.4. The Morgan fingerprint density at radius 2 is 1.83 bits per heavy atom. The summed E-state index contributed by atoms with van der Waals surface area (Å²) in [7, 11) is 2.03. The molecule has 314 valence electrons. The molecule has 3 aliphatic heterocycles. The van der Waals surface area contributed by atoms with Crippen molar-refractivity contribution < 1.29 is 32.3 Å². The molecule has 3 saturated heterocycles. The van der Waals surface area contributed by atoms with Crippen molar-refractivity contribution in [2.75, 3.05) is 54.9 Å². The zero-order valence-corrected chi connectivity index (χ0v) is 33.0. The number of halogens is 3. The molecule has 18 heteroatoms. The van der Waals surface area contributed by atoms with Crippen LogP contribution in [0.4, 0.5) is 30.4 Å². The number of alkyl halides is 3. The molecule has 4 aromatic rings. The summed E-state index contributed by atoms with van der Waals surface area (Å²) in [4.78, 5) is 61.6. The van der Waals surface area contributed by atoms with Gasteiger partial charge in [0.25, 0.3) is 12.3 Å². The van der Waals surface area contributed by atoms with Crippen molar-refractivity contribution in [1.29, 1.82) is 0 Å². The summed E-state index contributed by atoms with van der Waals surface area (Å²) in [6.07, 6.45) is 5.47. The number of piperidine rings is 3. The Hall–Kier alpha value is -5.52. The maximum atomic E-state index is 14.3. The molecule has 4 N–H and O–H groups in total. The van der Waals surface area contributed by atoms with Crippen molar-refractivity contribution in [1.82, 2.24) is 34.6 Å². The number of nitrogens with one attached hydrogen (secondary N) is 2. The van der Waals surface area contributed by atoms with E-state index in [0.29, 0.717) is 69.9 Å². The molecular weight excluding hydrogens is 768 g/mol. The minimum atomic E-state index is -2.94. The maximum absolute atomic E-state index is 14.3. The molecule has 1 unspecified atom stereocenters. The number of imide groups is 1. The van der Waals surface area contributed by atoms with Crippen LogP contribution in [-0.2, 0) is 14.4 Å². The van der Waals surface area contributed by atoms with Crippen LogP contribution < -0.4 is 26.2 Å². The predicted molar refractivity (Wildman–Crippen MR) is 213 cm³/mol. The number of carbonyl (C=O) groups is 4. The number of hydrogen-bond acceptors (Lipinski definition) is 10. The smallest absolute Gasteiger partial charge is 0.284 e. The third kappa shape index (κ3) is 8.77. The van der Waals surface area contributed by atoms with E-state index >= 15 is 0 Å². The molecule has 0 bridgehead atoms. The number of fused-ring (bicyclic) bond motifs is 1. The van der Waals surface area contributed by atoms with Crippen LogP contribution in [-0.4, -0.2) is 105 Å². The summed E-state index contributed by atoms with van der Waals surface area (Å²) in [6, 6.07) is 9.00. The van der Waals surface area contributed by atoms with Crippen molar-refractivity contribution in [2.45, 2.75) is 88.4 Å². The van der Waals surface area contributed by atoms with Gasteiger partial charge < -0.3 is 25.8 Å². The van der Waals surface area contributed by atoms with Crippen molar-refractivity contribution in [3.63, 3.8) is 0 Å². The highest BCUT2D eigenvalue weighted by molar-refractivity contribution is 6.08. The lowest BCUT2D eigenvalue weighted by Gasteiger charge is -2.37. The van der Waals surface area contributed by atoms with Gasteiger partial charge in [0.15, 0.2) is 11.3 Å². The van der Waals surface area contributed by atoms with E-state index in [1.807, 2.05) is 36.2 Å². The van der Waals surface area contributed by atoms with Gasteiger partial charge in [0.05, 0.1) is 30.4 Å². The number of benzene rings is 1. The van der Waals surface area contributed by atoms with E-state index in [1.165, 1.54) is 21.6 Å². The van der Waals surface area contributed by atoms with E-state index in [-0.39, 0.29) is 71.5 Å². The predicted octanol–water partition coefficient (Wildman–Crippen LogP) is 4.62. The summed E-state index contributed by atoms with van der Waals surface area (Å²) in [5, 5.41) is 13.4. The van der Waals surface area contributed by atoms with Gasteiger partial charge in [-0.25, -0.2) is 22.7 Å². The minimum Gasteiger partial charge on any atom is -0.374 e. The second kappa shape index (κ2) is 17.0. The Morgan fingerprint density at radius 3 is 2.56 bits per heavy atom. The number of nitrogens with two attached hydrogens (primary N) is 1. The van der Waals surface area contributed by atoms with Gasteiger partial charge in [-0.15, -0.1) is 0 Å². The van der Waals surface area contributed by atoms with Crippen LogP contribution >= 0.6 is 0 Å². The second-order valence-corrected chi connectivity index (χ2v) is 16.5. The first-order valence-electron chi connectivity index (χ1n) is 20.5. The van der Waals surface area contributed by atoms with Gasteiger partial charge in [-0.3, -0.25) is 29.2 Å². The molecule has 59 heavy (non-hydrogen) atoms. The summed E-state index contributed by atoms with van der Waals surface area (Å²) < 4.78 is 45.7. The number of aromatic nitrogens is 5. The van der Waals surface area contributed by atoms with Gasteiger partial charge in [-0.1, -0.05) is 12.1 Å². The van der Waals surface area contributed by atoms with E-state index in [0.717, 1.165) is 30.6 Å². The lowest BCUT2D eigenvalue weighted by Crippen LogP contribution is -2.48. The molecule has 8 rings (SSSR count). The number of nitrogens with zero attached hydrogens (tertiary/aromatic N) is 8. The monoisotopic (exact) mass is 817 g/mol. The fourth-order valence-electron chi connectivity index (χ4n) is 9.16.